The molecule has 0 aromatic rings. The Morgan fingerprint density at radius 2 is 1.71 bits per heavy atom. The van der Waals surface area contributed by atoms with E-state index in [1.807, 2.05) is 0 Å². The summed E-state index contributed by atoms with van der Waals surface area (Å²) in [6.45, 7) is 8.92. The van der Waals surface area contributed by atoms with Crippen molar-refractivity contribution in [1.29, 1.82) is 0 Å². The molecule has 102 valence electrons. The Labute approximate surface area is 106 Å². The van der Waals surface area contributed by atoms with Crippen LogP contribution in [0.3, 0.4) is 0 Å². The van der Waals surface area contributed by atoms with E-state index in [0.717, 1.165) is 19.5 Å². The zero-order valence-electron chi connectivity index (χ0n) is 11.7. The van der Waals surface area contributed by atoms with Gasteiger partial charge >= 0.3 is 5.97 Å². The van der Waals surface area contributed by atoms with E-state index in [-0.39, 0.29) is 5.92 Å². The van der Waals surface area contributed by atoms with Crippen LogP contribution in [0.2, 0.25) is 0 Å². The minimum absolute atomic E-state index is 0.253. The molecular weight excluding hydrogens is 214 g/mol. The van der Waals surface area contributed by atoms with Crippen LogP contribution < -0.4 is 0 Å². The fourth-order valence-electron chi connectivity index (χ4n) is 2.01. The van der Waals surface area contributed by atoms with Gasteiger partial charge in [-0.25, -0.2) is 0 Å². The lowest BCUT2D eigenvalue weighted by atomic mass is 10.1. The van der Waals surface area contributed by atoms with Gasteiger partial charge in [0.25, 0.3) is 0 Å². The number of unbranched alkanes of at least 4 members (excludes halogenated alkanes) is 4. The van der Waals surface area contributed by atoms with Crippen LogP contribution in [0.4, 0.5) is 0 Å². The predicted octanol–water partition coefficient (Wildman–Crippen LogP) is 3.39. The Balaban J connectivity index is 3.77. The highest BCUT2D eigenvalue weighted by Crippen LogP contribution is 2.07. The smallest absolute Gasteiger partial charge is 0.307 e. The molecule has 0 aromatic carbocycles. The molecule has 0 bridgehead atoms. The van der Waals surface area contributed by atoms with E-state index in [1.165, 1.54) is 32.1 Å². The third-order valence-corrected chi connectivity index (χ3v) is 3.07. The lowest BCUT2D eigenvalue weighted by Crippen LogP contribution is -2.33. The highest BCUT2D eigenvalue weighted by Gasteiger charge is 2.15. The molecule has 0 aromatic heterocycles. The molecule has 17 heavy (non-hydrogen) atoms. The van der Waals surface area contributed by atoms with Crippen molar-refractivity contribution in [3.63, 3.8) is 0 Å². The Morgan fingerprint density at radius 3 is 2.24 bits per heavy atom. The Bertz CT molecular complexity index is 195. The average molecular weight is 243 g/mol. The summed E-state index contributed by atoms with van der Waals surface area (Å²) in [6.07, 6.45) is 7.47. The molecule has 0 radical (unpaired) electrons. The monoisotopic (exact) mass is 243 g/mol. The summed E-state index contributed by atoms with van der Waals surface area (Å²) in [5.41, 5.74) is 0. The molecule has 3 heteroatoms. The number of aliphatic carboxylic acids is 1. The maximum atomic E-state index is 10.8. The van der Waals surface area contributed by atoms with Crippen LogP contribution in [-0.2, 0) is 4.79 Å². The molecule has 0 aliphatic heterocycles. The second-order valence-corrected chi connectivity index (χ2v) is 4.95. The number of carbonyl (C=O) groups is 1. The van der Waals surface area contributed by atoms with Gasteiger partial charge in [0.1, 0.15) is 0 Å². The summed E-state index contributed by atoms with van der Waals surface area (Å²) >= 11 is 0. The van der Waals surface area contributed by atoms with Crippen LogP contribution in [0.1, 0.15) is 59.3 Å². The molecule has 0 aliphatic rings. The highest BCUT2D eigenvalue weighted by molar-refractivity contribution is 5.69. The molecule has 1 atom stereocenters. The van der Waals surface area contributed by atoms with Gasteiger partial charge in [-0.05, 0) is 25.9 Å². The maximum Gasteiger partial charge on any atom is 0.307 e. The van der Waals surface area contributed by atoms with Gasteiger partial charge in [-0.3, -0.25) is 4.79 Å². The largest absolute Gasteiger partial charge is 0.481 e. The summed E-state index contributed by atoms with van der Waals surface area (Å²) < 4.78 is 0. The zero-order valence-corrected chi connectivity index (χ0v) is 11.7. The number of hydrogen-bond donors (Lipinski definition) is 1. The van der Waals surface area contributed by atoms with E-state index in [1.54, 1.807) is 6.92 Å². The fourth-order valence-corrected chi connectivity index (χ4v) is 2.01. The van der Waals surface area contributed by atoms with Crippen molar-refractivity contribution in [2.75, 3.05) is 19.6 Å². The first kappa shape index (κ1) is 16.4. The van der Waals surface area contributed by atoms with Crippen LogP contribution in [0.5, 0.6) is 0 Å². The highest BCUT2D eigenvalue weighted by atomic mass is 16.4. The standard InChI is InChI=1S/C14H29NO2/c1-4-6-7-8-9-11-15(10-5-2)12-13(3)14(16)17/h13H,4-12H2,1-3H3,(H,16,17). The van der Waals surface area contributed by atoms with E-state index in [4.69, 9.17) is 5.11 Å². The first-order valence-corrected chi connectivity index (χ1v) is 7.06. The van der Waals surface area contributed by atoms with Crippen LogP contribution in [0.15, 0.2) is 0 Å². The van der Waals surface area contributed by atoms with Crippen LogP contribution >= 0.6 is 0 Å². The van der Waals surface area contributed by atoms with Gasteiger partial charge in [-0.15, -0.1) is 0 Å². The van der Waals surface area contributed by atoms with Crippen LogP contribution in [-0.4, -0.2) is 35.6 Å². The molecule has 1 N–H and O–H groups in total. The van der Waals surface area contributed by atoms with Crippen molar-refractivity contribution in [3.05, 3.63) is 0 Å². The van der Waals surface area contributed by atoms with E-state index in [0.29, 0.717) is 6.54 Å². The Kier molecular flexibility index (Phi) is 10.2. The van der Waals surface area contributed by atoms with Crippen molar-refractivity contribution >= 4 is 5.97 Å². The van der Waals surface area contributed by atoms with Crippen molar-refractivity contribution in [1.82, 2.24) is 4.90 Å². The molecule has 0 aliphatic carbocycles. The first-order chi connectivity index (χ1) is 8.11. The Morgan fingerprint density at radius 1 is 1.06 bits per heavy atom. The fraction of sp³-hybridized carbons (Fsp3) is 0.929. The molecule has 3 nitrogen and oxygen atoms in total. The lowest BCUT2D eigenvalue weighted by Gasteiger charge is -2.23. The van der Waals surface area contributed by atoms with Gasteiger partial charge < -0.3 is 10.0 Å². The average Bonchev–Trinajstić information content (AvgIpc) is 2.28. The maximum absolute atomic E-state index is 10.8. The molecule has 0 fully saturated rings. The molecular formula is C14H29NO2. The number of rotatable bonds is 11. The molecule has 0 saturated heterocycles. The molecule has 0 heterocycles. The van der Waals surface area contributed by atoms with Crippen molar-refractivity contribution in [3.8, 4) is 0 Å². The zero-order chi connectivity index (χ0) is 13.1. The topological polar surface area (TPSA) is 40.5 Å². The third-order valence-electron chi connectivity index (χ3n) is 3.07. The molecule has 0 amide bonds. The Hall–Kier alpha value is -0.570. The minimum Gasteiger partial charge on any atom is -0.481 e. The molecule has 0 spiro atoms. The number of carboxylic acids is 1. The predicted molar refractivity (Wildman–Crippen MR) is 72.3 cm³/mol. The summed E-state index contributed by atoms with van der Waals surface area (Å²) in [5.74, 6) is -0.936. The van der Waals surface area contributed by atoms with Gasteiger partial charge in [0.05, 0.1) is 5.92 Å². The molecule has 0 saturated carbocycles. The molecule has 0 rings (SSSR count). The first-order valence-electron chi connectivity index (χ1n) is 7.06. The van der Waals surface area contributed by atoms with E-state index in [9.17, 15) is 4.79 Å². The van der Waals surface area contributed by atoms with Gasteiger partial charge in [-0.1, -0.05) is 46.5 Å². The van der Waals surface area contributed by atoms with Gasteiger partial charge in [-0.2, -0.15) is 0 Å². The number of hydrogen-bond acceptors (Lipinski definition) is 2. The second kappa shape index (κ2) is 10.6. The minimum atomic E-state index is -0.683. The van der Waals surface area contributed by atoms with Gasteiger partial charge in [0, 0.05) is 6.54 Å². The quantitative estimate of drug-likeness (QED) is 0.565. The summed E-state index contributed by atoms with van der Waals surface area (Å²) in [4.78, 5) is 13.1. The van der Waals surface area contributed by atoms with E-state index < -0.39 is 5.97 Å². The second-order valence-electron chi connectivity index (χ2n) is 4.95. The van der Waals surface area contributed by atoms with Crippen LogP contribution in [0.25, 0.3) is 0 Å². The van der Waals surface area contributed by atoms with E-state index in [2.05, 4.69) is 18.7 Å². The van der Waals surface area contributed by atoms with Crippen molar-refractivity contribution < 1.29 is 9.90 Å². The SMILES string of the molecule is CCCCCCCN(CCC)CC(C)C(=O)O. The summed E-state index contributed by atoms with van der Waals surface area (Å²) in [5, 5.41) is 8.91. The van der Waals surface area contributed by atoms with Gasteiger partial charge in [0.15, 0.2) is 0 Å². The third kappa shape index (κ3) is 9.16. The molecule has 1 unspecified atom stereocenters. The van der Waals surface area contributed by atoms with Crippen LogP contribution in [0, 0.1) is 5.92 Å². The summed E-state index contributed by atoms with van der Waals surface area (Å²) in [7, 11) is 0. The number of carboxylic acid groups (broad SMARTS) is 1. The summed E-state index contributed by atoms with van der Waals surface area (Å²) in [6, 6.07) is 0. The number of nitrogens with zero attached hydrogens (tertiary/aromatic N) is 1. The van der Waals surface area contributed by atoms with Crippen molar-refractivity contribution in [2.45, 2.75) is 59.3 Å². The van der Waals surface area contributed by atoms with Crippen molar-refractivity contribution in [2.24, 2.45) is 5.92 Å². The lowest BCUT2D eigenvalue weighted by molar-refractivity contribution is -0.141. The van der Waals surface area contributed by atoms with E-state index >= 15 is 0 Å². The normalized spacial score (nSPS) is 12.9. The van der Waals surface area contributed by atoms with Gasteiger partial charge in [0.2, 0.25) is 0 Å².